The maximum atomic E-state index is 6.01. The van der Waals surface area contributed by atoms with Crippen LogP contribution in [0.4, 0.5) is 0 Å². The molecule has 0 fully saturated rings. The standard InChI is InChI=1S/C22H17BrO2S/c23-21-19-12-11-18(24-14-16-7-3-1-4-8-16)13-20(19)26-22(21)25-15-17-9-5-2-6-10-17/h1-13H,14-15H2. The Morgan fingerprint density at radius 3 is 2.00 bits per heavy atom. The molecule has 2 nitrogen and oxygen atoms in total. The van der Waals surface area contributed by atoms with Crippen molar-refractivity contribution in [2.24, 2.45) is 0 Å². The van der Waals surface area contributed by atoms with E-state index in [1.54, 1.807) is 11.3 Å². The molecule has 0 amide bonds. The fourth-order valence-electron chi connectivity index (χ4n) is 2.67. The third-order valence-electron chi connectivity index (χ3n) is 4.03. The molecule has 0 saturated heterocycles. The first kappa shape index (κ1) is 17.1. The van der Waals surface area contributed by atoms with Crippen LogP contribution in [0.2, 0.25) is 0 Å². The molecule has 130 valence electrons. The lowest BCUT2D eigenvalue weighted by Gasteiger charge is -2.06. The first-order valence-electron chi connectivity index (χ1n) is 8.35. The normalized spacial score (nSPS) is 10.8. The van der Waals surface area contributed by atoms with E-state index in [0.29, 0.717) is 13.2 Å². The van der Waals surface area contributed by atoms with Gasteiger partial charge in [-0.25, -0.2) is 0 Å². The van der Waals surface area contributed by atoms with Crippen LogP contribution in [-0.2, 0) is 13.2 Å². The van der Waals surface area contributed by atoms with Gasteiger partial charge >= 0.3 is 0 Å². The molecule has 0 radical (unpaired) electrons. The van der Waals surface area contributed by atoms with Crippen molar-refractivity contribution >= 4 is 37.4 Å². The molecular weight excluding hydrogens is 408 g/mol. The van der Waals surface area contributed by atoms with Crippen LogP contribution in [0.5, 0.6) is 10.8 Å². The zero-order valence-corrected chi connectivity index (χ0v) is 16.4. The quantitative estimate of drug-likeness (QED) is 0.337. The summed E-state index contributed by atoms with van der Waals surface area (Å²) in [6, 6.07) is 26.5. The maximum Gasteiger partial charge on any atom is 0.189 e. The highest BCUT2D eigenvalue weighted by molar-refractivity contribution is 9.10. The Kier molecular flexibility index (Phi) is 5.23. The second kappa shape index (κ2) is 7.94. The highest BCUT2D eigenvalue weighted by atomic mass is 79.9. The van der Waals surface area contributed by atoms with Gasteiger partial charge in [0.1, 0.15) is 19.0 Å². The van der Waals surface area contributed by atoms with Gasteiger partial charge in [-0.15, -0.1) is 0 Å². The molecule has 3 aromatic carbocycles. The fraction of sp³-hybridized carbons (Fsp3) is 0.0909. The molecule has 0 atom stereocenters. The van der Waals surface area contributed by atoms with Gasteiger partial charge in [0.05, 0.1) is 4.47 Å². The lowest BCUT2D eigenvalue weighted by Crippen LogP contribution is -1.94. The summed E-state index contributed by atoms with van der Waals surface area (Å²) in [6.45, 7) is 1.12. The van der Waals surface area contributed by atoms with E-state index >= 15 is 0 Å². The maximum absolute atomic E-state index is 6.01. The number of rotatable bonds is 6. The summed E-state index contributed by atoms with van der Waals surface area (Å²) in [5, 5.41) is 2.04. The summed E-state index contributed by atoms with van der Waals surface area (Å²) >= 11 is 5.30. The minimum absolute atomic E-state index is 0.559. The summed E-state index contributed by atoms with van der Waals surface area (Å²) in [6.07, 6.45) is 0. The number of benzene rings is 3. The van der Waals surface area contributed by atoms with E-state index in [0.717, 1.165) is 36.5 Å². The predicted molar refractivity (Wildman–Crippen MR) is 111 cm³/mol. The molecule has 1 heterocycles. The number of fused-ring (bicyclic) bond motifs is 1. The van der Waals surface area contributed by atoms with Crippen LogP contribution in [0.15, 0.2) is 83.3 Å². The van der Waals surface area contributed by atoms with Crippen molar-refractivity contribution in [2.75, 3.05) is 0 Å². The monoisotopic (exact) mass is 424 g/mol. The Labute approximate surface area is 165 Å². The molecule has 0 aliphatic carbocycles. The third kappa shape index (κ3) is 3.92. The fourth-order valence-corrected chi connectivity index (χ4v) is 4.48. The van der Waals surface area contributed by atoms with E-state index in [4.69, 9.17) is 9.47 Å². The van der Waals surface area contributed by atoms with Crippen molar-refractivity contribution in [3.63, 3.8) is 0 Å². The van der Waals surface area contributed by atoms with Crippen molar-refractivity contribution in [3.05, 3.63) is 94.5 Å². The lowest BCUT2D eigenvalue weighted by molar-refractivity contribution is 0.306. The largest absolute Gasteiger partial charge is 0.489 e. The molecule has 1 aromatic heterocycles. The molecule has 0 bridgehead atoms. The Bertz CT molecular complexity index is 997. The van der Waals surface area contributed by atoms with Gasteiger partial charge in [-0.05, 0) is 45.3 Å². The van der Waals surface area contributed by atoms with Crippen molar-refractivity contribution < 1.29 is 9.47 Å². The molecule has 0 saturated carbocycles. The van der Waals surface area contributed by atoms with Gasteiger partial charge < -0.3 is 9.47 Å². The Balaban J connectivity index is 1.49. The van der Waals surface area contributed by atoms with E-state index < -0.39 is 0 Å². The first-order valence-corrected chi connectivity index (χ1v) is 9.96. The van der Waals surface area contributed by atoms with Crippen molar-refractivity contribution in [1.29, 1.82) is 0 Å². The molecule has 0 unspecified atom stereocenters. The van der Waals surface area contributed by atoms with E-state index in [1.165, 1.54) is 0 Å². The molecule has 0 aliphatic heterocycles. The number of thiophene rings is 1. The zero-order chi connectivity index (χ0) is 17.8. The molecule has 4 heteroatoms. The van der Waals surface area contributed by atoms with Crippen molar-refractivity contribution in [3.8, 4) is 10.8 Å². The molecule has 0 spiro atoms. The number of halogens is 1. The van der Waals surface area contributed by atoms with Crippen LogP contribution in [-0.4, -0.2) is 0 Å². The molecule has 0 N–H and O–H groups in total. The highest BCUT2D eigenvalue weighted by Gasteiger charge is 2.12. The average Bonchev–Trinajstić information content (AvgIpc) is 3.01. The van der Waals surface area contributed by atoms with Gasteiger partial charge in [0, 0.05) is 10.1 Å². The minimum atomic E-state index is 0.559. The van der Waals surface area contributed by atoms with E-state index in [2.05, 4.69) is 52.3 Å². The van der Waals surface area contributed by atoms with Crippen molar-refractivity contribution in [1.82, 2.24) is 0 Å². The third-order valence-corrected chi connectivity index (χ3v) is 6.15. The van der Waals surface area contributed by atoms with Gasteiger partial charge in [-0.1, -0.05) is 72.0 Å². The summed E-state index contributed by atoms with van der Waals surface area (Å²) in [5.41, 5.74) is 2.32. The zero-order valence-electron chi connectivity index (χ0n) is 14.0. The van der Waals surface area contributed by atoms with Crippen LogP contribution < -0.4 is 9.47 Å². The van der Waals surface area contributed by atoms with Crippen LogP contribution >= 0.6 is 27.3 Å². The Morgan fingerprint density at radius 2 is 1.35 bits per heavy atom. The SMILES string of the molecule is Brc1c(OCc2ccccc2)sc2cc(OCc3ccccc3)ccc12. The number of hydrogen-bond acceptors (Lipinski definition) is 3. The van der Waals surface area contributed by atoms with Gasteiger partial charge in [-0.2, -0.15) is 0 Å². The summed E-state index contributed by atoms with van der Waals surface area (Å²) in [7, 11) is 0. The van der Waals surface area contributed by atoms with Gasteiger partial charge in [0.2, 0.25) is 0 Å². The van der Waals surface area contributed by atoms with E-state index in [9.17, 15) is 0 Å². The van der Waals surface area contributed by atoms with E-state index in [-0.39, 0.29) is 0 Å². The number of ether oxygens (including phenoxy) is 2. The topological polar surface area (TPSA) is 18.5 Å². The van der Waals surface area contributed by atoms with Crippen LogP contribution in [0.3, 0.4) is 0 Å². The lowest BCUT2D eigenvalue weighted by atomic mass is 10.2. The van der Waals surface area contributed by atoms with Gasteiger partial charge in [-0.3, -0.25) is 0 Å². The molecule has 0 aliphatic rings. The second-order valence-corrected chi connectivity index (χ2v) is 7.72. The van der Waals surface area contributed by atoms with Crippen LogP contribution in [0.1, 0.15) is 11.1 Å². The van der Waals surface area contributed by atoms with Gasteiger partial charge in [0.15, 0.2) is 5.06 Å². The molecular formula is C22H17BrO2S. The summed E-state index contributed by atoms with van der Waals surface area (Å²) in [5.74, 6) is 0.865. The van der Waals surface area contributed by atoms with Crippen LogP contribution in [0.25, 0.3) is 10.1 Å². The smallest absolute Gasteiger partial charge is 0.189 e. The second-order valence-electron chi connectivity index (χ2n) is 5.91. The molecule has 4 rings (SSSR count). The summed E-state index contributed by atoms with van der Waals surface area (Å²) < 4.78 is 14.1. The van der Waals surface area contributed by atoms with E-state index in [1.807, 2.05) is 42.5 Å². The number of hydrogen-bond donors (Lipinski definition) is 0. The minimum Gasteiger partial charge on any atom is -0.489 e. The van der Waals surface area contributed by atoms with Crippen LogP contribution in [0, 0.1) is 0 Å². The summed E-state index contributed by atoms with van der Waals surface area (Å²) in [4.78, 5) is 0. The first-order chi connectivity index (χ1) is 12.8. The molecule has 26 heavy (non-hydrogen) atoms. The average molecular weight is 425 g/mol. The van der Waals surface area contributed by atoms with Gasteiger partial charge in [0.25, 0.3) is 0 Å². The Morgan fingerprint density at radius 1 is 0.731 bits per heavy atom. The Hall–Kier alpha value is -2.30. The highest BCUT2D eigenvalue weighted by Crippen LogP contribution is 2.43. The molecule has 4 aromatic rings. The van der Waals surface area contributed by atoms with Crippen molar-refractivity contribution in [2.45, 2.75) is 13.2 Å². The predicted octanol–water partition coefficient (Wildman–Crippen LogP) is 6.82.